The minimum absolute atomic E-state index is 0.527. The maximum atomic E-state index is 4.73. The normalized spacial score (nSPS) is 12.1. The van der Waals surface area contributed by atoms with Gasteiger partial charge in [-0.15, -0.1) is 21.6 Å². The monoisotopic (exact) mass is 407 g/mol. The summed E-state index contributed by atoms with van der Waals surface area (Å²) < 4.78 is 0. The van der Waals surface area contributed by atoms with Gasteiger partial charge in [-0.3, -0.25) is 0 Å². The van der Waals surface area contributed by atoms with Crippen LogP contribution in [0.4, 0.5) is 10.8 Å². The van der Waals surface area contributed by atoms with E-state index in [1.165, 1.54) is 11.3 Å². The van der Waals surface area contributed by atoms with Crippen LogP contribution in [-0.4, -0.2) is 15.8 Å². The standard InChI is InChI=1S/C24H17N5S/c1-3-9-17(10-4-1)23(29-28-18-11-5-2-6-12-18)27-24-26-22(16-30-24)20-15-25-21-14-8-7-13-19(20)21/h1-16,25H/b27-23+,29-28?. The Balaban J connectivity index is 1.52. The maximum absolute atomic E-state index is 4.73. The van der Waals surface area contributed by atoms with Gasteiger partial charge in [0.1, 0.15) is 0 Å². The lowest BCUT2D eigenvalue weighted by atomic mass is 10.1. The van der Waals surface area contributed by atoms with Crippen LogP contribution in [0, 0.1) is 0 Å². The molecule has 2 aromatic heterocycles. The Morgan fingerprint density at radius 3 is 2.40 bits per heavy atom. The molecule has 5 aromatic rings. The van der Waals surface area contributed by atoms with Crippen LogP contribution >= 0.6 is 11.3 Å². The summed E-state index contributed by atoms with van der Waals surface area (Å²) in [6.45, 7) is 0. The van der Waals surface area contributed by atoms with E-state index in [1.54, 1.807) is 0 Å². The molecule has 1 N–H and O–H groups in total. The summed E-state index contributed by atoms with van der Waals surface area (Å²) in [7, 11) is 0. The SMILES string of the molecule is c1ccc(N=N/C(=N/c2nc(-c3c[nH]c4ccccc34)cs2)c2ccccc2)cc1. The second kappa shape index (κ2) is 8.23. The highest BCUT2D eigenvalue weighted by atomic mass is 32.1. The van der Waals surface area contributed by atoms with Gasteiger partial charge in [-0.05, 0) is 18.2 Å². The van der Waals surface area contributed by atoms with Crippen LogP contribution in [0.25, 0.3) is 22.2 Å². The van der Waals surface area contributed by atoms with E-state index >= 15 is 0 Å². The zero-order valence-electron chi connectivity index (χ0n) is 15.9. The number of thiazole rings is 1. The Kier molecular flexibility index (Phi) is 4.98. The van der Waals surface area contributed by atoms with Gasteiger partial charge in [-0.1, -0.05) is 66.7 Å². The molecular formula is C24H17N5S. The van der Waals surface area contributed by atoms with Crippen molar-refractivity contribution in [3.8, 4) is 11.3 Å². The number of aromatic nitrogens is 2. The van der Waals surface area contributed by atoms with Gasteiger partial charge >= 0.3 is 0 Å². The highest BCUT2D eigenvalue weighted by molar-refractivity contribution is 7.13. The molecule has 0 unspecified atom stereocenters. The molecular weight excluding hydrogens is 390 g/mol. The van der Waals surface area contributed by atoms with Crippen LogP contribution in [0.1, 0.15) is 5.56 Å². The molecule has 30 heavy (non-hydrogen) atoms. The molecule has 0 aliphatic carbocycles. The molecule has 144 valence electrons. The first kappa shape index (κ1) is 18.1. The predicted molar refractivity (Wildman–Crippen MR) is 123 cm³/mol. The Hall–Kier alpha value is -3.90. The molecule has 0 radical (unpaired) electrons. The van der Waals surface area contributed by atoms with Crippen molar-refractivity contribution >= 4 is 38.9 Å². The van der Waals surface area contributed by atoms with Crippen LogP contribution < -0.4 is 0 Å². The quantitative estimate of drug-likeness (QED) is 0.192. The van der Waals surface area contributed by atoms with E-state index < -0.39 is 0 Å². The first-order chi connectivity index (χ1) is 14.9. The van der Waals surface area contributed by atoms with E-state index in [0.717, 1.165) is 33.4 Å². The largest absolute Gasteiger partial charge is 0.360 e. The van der Waals surface area contributed by atoms with Gasteiger partial charge in [0.15, 0.2) is 5.84 Å². The fraction of sp³-hybridized carbons (Fsp3) is 0. The zero-order chi connectivity index (χ0) is 20.2. The van der Waals surface area contributed by atoms with Crippen LogP contribution in [0.3, 0.4) is 0 Å². The first-order valence-electron chi connectivity index (χ1n) is 9.50. The molecule has 2 heterocycles. The lowest BCUT2D eigenvalue weighted by Crippen LogP contribution is -1.95. The van der Waals surface area contributed by atoms with E-state index in [0.29, 0.717) is 11.0 Å². The number of hydrogen-bond acceptors (Lipinski definition) is 4. The molecule has 5 nitrogen and oxygen atoms in total. The average molecular weight is 408 g/mol. The predicted octanol–water partition coefficient (Wildman–Crippen LogP) is 7.15. The van der Waals surface area contributed by atoms with Gasteiger partial charge in [0.25, 0.3) is 0 Å². The number of benzene rings is 3. The molecule has 0 fully saturated rings. The number of para-hydroxylation sites is 1. The Morgan fingerprint density at radius 1 is 0.833 bits per heavy atom. The van der Waals surface area contributed by atoms with E-state index in [2.05, 4.69) is 27.3 Å². The van der Waals surface area contributed by atoms with Gasteiger partial charge in [-0.25, -0.2) is 4.98 Å². The number of nitrogens with one attached hydrogen (secondary N) is 1. The van der Waals surface area contributed by atoms with Gasteiger partial charge in [0, 0.05) is 33.6 Å². The van der Waals surface area contributed by atoms with Crippen molar-refractivity contribution < 1.29 is 0 Å². The molecule has 0 aliphatic heterocycles. The lowest BCUT2D eigenvalue weighted by Gasteiger charge is -1.99. The fourth-order valence-electron chi connectivity index (χ4n) is 3.14. The van der Waals surface area contributed by atoms with Gasteiger partial charge < -0.3 is 4.98 Å². The van der Waals surface area contributed by atoms with Crippen molar-refractivity contribution in [1.29, 1.82) is 0 Å². The van der Waals surface area contributed by atoms with Gasteiger partial charge in [-0.2, -0.15) is 4.99 Å². The van der Waals surface area contributed by atoms with E-state index in [1.807, 2.05) is 84.4 Å². The van der Waals surface area contributed by atoms with Gasteiger partial charge in [0.2, 0.25) is 5.13 Å². The Morgan fingerprint density at radius 2 is 1.57 bits per heavy atom. The third kappa shape index (κ3) is 3.81. The number of rotatable bonds is 4. The molecule has 0 atom stereocenters. The highest BCUT2D eigenvalue weighted by Crippen LogP contribution is 2.32. The van der Waals surface area contributed by atoms with Crippen molar-refractivity contribution in [2.75, 3.05) is 0 Å². The summed E-state index contributed by atoms with van der Waals surface area (Å²) in [6.07, 6.45) is 1.99. The molecule has 6 heteroatoms. The van der Waals surface area contributed by atoms with Crippen LogP contribution in [0.2, 0.25) is 0 Å². The van der Waals surface area contributed by atoms with Crippen molar-refractivity contribution in [2.45, 2.75) is 0 Å². The minimum Gasteiger partial charge on any atom is -0.360 e. The second-order valence-corrected chi connectivity index (χ2v) is 7.44. The average Bonchev–Trinajstić information content (AvgIpc) is 3.44. The fourth-order valence-corrected chi connectivity index (χ4v) is 3.83. The summed E-state index contributed by atoms with van der Waals surface area (Å²) in [6, 6.07) is 27.7. The number of H-pyrrole nitrogens is 1. The van der Waals surface area contributed by atoms with Crippen molar-refractivity contribution in [3.63, 3.8) is 0 Å². The van der Waals surface area contributed by atoms with Crippen LogP contribution in [0.15, 0.2) is 112 Å². The number of aliphatic imine (C=N–C) groups is 1. The molecule has 3 aromatic carbocycles. The molecule has 5 rings (SSSR count). The zero-order valence-corrected chi connectivity index (χ0v) is 16.8. The lowest BCUT2D eigenvalue weighted by molar-refractivity contribution is 1.25. The molecule has 0 aliphatic rings. The number of nitrogens with zero attached hydrogens (tertiary/aromatic N) is 4. The molecule has 0 amide bonds. The van der Waals surface area contributed by atoms with Gasteiger partial charge in [0.05, 0.1) is 11.4 Å². The second-order valence-electron chi connectivity index (χ2n) is 6.60. The number of hydrogen-bond donors (Lipinski definition) is 1. The maximum Gasteiger partial charge on any atom is 0.211 e. The summed E-state index contributed by atoms with van der Waals surface area (Å²) in [4.78, 5) is 12.7. The number of fused-ring (bicyclic) bond motifs is 1. The Labute approximate surface area is 177 Å². The summed E-state index contributed by atoms with van der Waals surface area (Å²) in [5, 5.41) is 12.6. The summed E-state index contributed by atoms with van der Waals surface area (Å²) in [5.74, 6) is 0.527. The molecule has 0 spiro atoms. The minimum atomic E-state index is 0.527. The van der Waals surface area contributed by atoms with Crippen molar-refractivity contribution in [3.05, 3.63) is 102 Å². The number of amidine groups is 1. The smallest absolute Gasteiger partial charge is 0.211 e. The topological polar surface area (TPSA) is 65.8 Å². The molecule has 0 bridgehead atoms. The van der Waals surface area contributed by atoms with E-state index in [-0.39, 0.29) is 0 Å². The summed E-state index contributed by atoms with van der Waals surface area (Å²) >= 11 is 1.49. The van der Waals surface area contributed by atoms with Crippen LogP contribution in [0.5, 0.6) is 0 Å². The highest BCUT2D eigenvalue weighted by Gasteiger charge is 2.11. The van der Waals surface area contributed by atoms with Crippen LogP contribution in [-0.2, 0) is 0 Å². The van der Waals surface area contributed by atoms with E-state index in [9.17, 15) is 0 Å². The summed E-state index contributed by atoms with van der Waals surface area (Å²) in [5.41, 5.74) is 4.71. The number of aromatic amines is 1. The molecule has 0 saturated carbocycles. The Bertz CT molecular complexity index is 1330. The van der Waals surface area contributed by atoms with Crippen molar-refractivity contribution in [2.24, 2.45) is 15.2 Å². The number of azo groups is 1. The van der Waals surface area contributed by atoms with Crippen molar-refractivity contribution in [1.82, 2.24) is 9.97 Å². The molecule has 0 saturated heterocycles. The first-order valence-corrected chi connectivity index (χ1v) is 10.4. The third-order valence-corrected chi connectivity index (χ3v) is 5.34. The van der Waals surface area contributed by atoms with E-state index in [4.69, 9.17) is 9.98 Å². The third-order valence-electron chi connectivity index (χ3n) is 4.61.